The van der Waals surface area contributed by atoms with Gasteiger partial charge in [0.15, 0.2) is 0 Å². The highest BCUT2D eigenvalue weighted by Crippen LogP contribution is 2.32. The molecule has 134 valence electrons. The van der Waals surface area contributed by atoms with Gasteiger partial charge >= 0.3 is 6.18 Å². The Morgan fingerprint density at radius 1 is 1.12 bits per heavy atom. The van der Waals surface area contributed by atoms with Crippen LogP contribution in [0.1, 0.15) is 23.0 Å². The highest BCUT2D eigenvalue weighted by Gasteiger charge is 2.41. The van der Waals surface area contributed by atoms with Gasteiger partial charge < -0.3 is 0 Å². The molecule has 0 aliphatic carbocycles. The third-order valence-electron chi connectivity index (χ3n) is 4.17. The van der Waals surface area contributed by atoms with Crippen LogP contribution < -0.4 is 5.56 Å². The van der Waals surface area contributed by atoms with Crippen molar-refractivity contribution in [2.45, 2.75) is 32.5 Å². The zero-order chi connectivity index (χ0) is 17.5. The summed E-state index contributed by atoms with van der Waals surface area (Å²) in [5.41, 5.74) is 1.14. The molecule has 2 aromatic heterocycles. The fourth-order valence-corrected chi connectivity index (χ4v) is 2.74. The Bertz CT molecular complexity index is 932. The van der Waals surface area contributed by atoms with Gasteiger partial charge in [-0.2, -0.15) is 13.2 Å². The van der Waals surface area contributed by atoms with Crippen LogP contribution in [-0.4, -0.2) is 20.1 Å². The second kappa shape index (κ2) is 6.92. The molecule has 0 saturated heterocycles. The van der Waals surface area contributed by atoms with E-state index in [-0.39, 0.29) is 24.5 Å². The molecule has 0 spiro atoms. The maximum absolute atomic E-state index is 13.6. The average Bonchev–Trinajstić information content (AvgIpc) is 2.82. The molecule has 8 heteroatoms. The van der Waals surface area contributed by atoms with Crippen molar-refractivity contribution in [2.75, 3.05) is 0 Å². The molecule has 0 amide bonds. The van der Waals surface area contributed by atoms with Crippen molar-refractivity contribution in [3.63, 3.8) is 0 Å². The lowest BCUT2D eigenvalue weighted by atomic mass is 10.1. The first-order valence-corrected chi connectivity index (χ1v) is 7.46. The van der Waals surface area contributed by atoms with Crippen LogP contribution in [0.4, 0.5) is 13.2 Å². The summed E-state index contributed by atoms with van der Waals surface area (Å²) in [4.78, 5) is 16.7. The number of hydrogen-bond donors (Lipinski definition) is 0. The van der Waals surface area contributed by atoms with Crippen LogP contribution in [0.2, 0.25) is 0 Å². The smallest absolute Gasteiger partial charge is 0.298 e. The average molecular weight is 372 g/mol. The molecule has 4 nitrogen and oxygen atoms in total. The summed E-state index contributed by atoms with van der Waals surface area (Å²) < 4.78 is 43.0. The van der Waals surface area contributed by atoms with Gasteiger partial charge in [0.05, 0.1) is 5.69 Å². The maximum atomic E-state index is 13.6. The summed E-state index contributed by atoms with van der Waals surface area (Å²) in [6, 6.07) is 6.39. The SMILES string of the molecule is Cc1nc2c(=O)n(C(Cc3ccccc3)C(F)(F)F)ccn2c1C.Cl. The number of benzene rings is 1. The number of nitrogens with zero attached hydrogens (tertiary/aromatic N) is 3. The van der Waals surface area contributed by atoms with E-state index < -0.39 is 17.8 Å². The van der Waals surface area contributed by atoms with Crippen LogP contribution in [0.15, 0.2) is 47.5 Å². The number of imidazole rings is 1. The number of hydrogen-bond acceptors (Lipinski definition) is 2. The quantitative estimate of drug-likeness (QED) is 0.701. The lowest BCUT2D eigenvalue weighted by Crippen LogP contribution is -2.36. The Morgan fingerprint density at radius 2 is 1.76 bits per heavy atom. The van der Waals surface area contributed by atoms with Gasteiger partial charge in [-0.25, -0.2) is 4.98 Å². The van der Waals surface area contributed by atoms with Crippen LogP contribution >= 0.6 is 12.4 Å². The number of aryl methyl sites for hydroxylation is 2. The molecule has 3 rings (SSSR count). The molecular formula is C17H17ClF3N3O. The van der Waals surface area contributed by atoms with Crippen molar-refractivity contribution < 1.29 is 13.2 Å². The van der Waals surface area contributed by atoms with Crippen molar-refractivity contribution in [3.8, 4) is 0 Å². The highest BCUT2D eigenvalue weighted by atomic mass is 35.5. The number of halogens is 4. The fraction of sp³-hybridized carbons (Fsp3) is 0.294. The van der Waals surface area contributed by atoms with E-state index in [0.29, 0.717) is 11.3 Å². The lowest BCUT2D eigenvalue weighted by molar-refractivity contribution is -0.168. The minimum Gasteiger partial charge on any atom is -0.298 e. The van der Waals surface area contributed by atoms with Crippen molar-refractivity contribution in [1.29, 1.82) is 0 Å². The van der Waals surface area contributed by atoms with Gasteiger partial charge in [0.1, 0.15) is 6.04 Å². The monoisotopic (exact) mass is 371 g/mol. The lowest BCUT2D eigenvalue weighted by Gasteiger charge is -2.23. The molecule has 0 saturated carbocycles. The first-order chi connectivity index (χ1) is 11.3. The first-order valence-electron chi connectivity index (χ1n) is 7.46. The van der Waals surface area contributed by atoms with Gasteiger partial charge in [-0.3, -0.25) is 13.8 Å². The van der Waals surface area contributed by atoms with Gasteiger partial charge in [-0.15, -0.1) is 12.4 Å². The van der Waals surface area contributed by atoms with E-state index in [2.05, 4.69) is 4.98 Å². The summed E-state index contributed by atoms with van der Waals surface area (Å²) in [5.74, 6) is 0. The van der Waals surface area contributed by atoms with Crippen molar-refractivity contribution in [2.24, 2.45) is 0 Å². The van der Waals surface area contributed by atoms with Crippen LogP contribution in [-0.2, 0) is 6.42 Å². The third kappa shape index (κ3) is 3.56. The molecule has 0 N–H and O–H groups in total. The van der Waals surface area contributed by atoms with E-state index in [9.17, 15) is 18.0 Å². The third-order valence-corrected chi connectivity index (χ3v) is 4.17. The molecule has 0 radical (unpaired) electrons. The second-order valence-electron chi connectivity index (χ2n) is 5.73. The standard InChI is InChI=1S/C17H16F3N3O.ClH/c1-11-12(2)22-8-9-23(16(24)15(22)21-11)14(17(18,19)20)10-13-6-4-3-5-7-13;/h3-9,14H,10H2,1-2H3;1H. The summed E-state index contributed by atoms with van der Waals surface area (Å²) in [6.07, 6.45) is -2.21. The van der Waals surface area contributed by atoms with Crippen molar-refractivity contribution in [1.82, 2.24) is 14.0 Å². The van der Waals surface area contributed by atoms with Crippen molar-refractivity contribution in [3.05, 3.63) is 70.0 Å². The molecular weight excluding hydrogens is 355 g/mol. The van der Waals surface area contributed by atoms with Gasteiger partial charge in [-0.05, 0) is 19.4 Å². The van der Waals surface area contributed by atoms with Crippen LogP contribution in [0.5, 0.6) is 0 Å². The highest BCUT2D eigenvalue weighted by molar-refractivity contribution is 5.85. The molecule has 0 fully saturated rings. The van der Waals surface area contributed by atoms with Gasteiger partial charge in [0, 0.05) is 24.5 Å². The largest absolute Gasteiger partial charge is 0.409 e. The van der Waals surface area contributed by atoms with Crippen LogP contribution in [0.25, 0.3) is 5.65 Å². The molecule has 1 aromatic carbocycles. The van der Waals surface area contributed by atoms with Crippen LogP contribution in [0, 0.1) is 13.8 Å². The van der Waals surface area contributed by atoms with Crippen LogP contribution in [0.3, 0.4) is 0 Å². The van der Waals surface area contributed by atoms with E-state index in [1.54, 1.807) is 44.2 Å². The van der Waals surface area contributed by atoms with E-state index in [1.165, 1.54) is 16.8 Å². The number of rotatable bonds is 3. The Hall–Kier alpha value is -2.28. The van der Waals surface area contributed by atoms with E-state index in [4.69, 9.17) is 0 Å². The predicted molar refractivity (Wildman–Crippen MR) is 91.4 cm³/mol. The molecule has 1 unspecified atom stereocenters. The minimum absolute atomic E-state index is 0. The molecule has 25 heavy (non-hydrogen) atoms. The van der Waals surface area contributed by atoms with E-state index >= 15 is 0 Å². The minimum atomic E-state index is -4.55. The second-order valence-corrected chi connectivity index (χ2v) is 5.73. The summed E-state index contributed by atoms with van der Waals surface area (Å²) in [5, 5.41) is 0. The Morgan fingerprint density at radius 3 is 2.36 bits per heavy atom. The molecule has 0 bridgehead atoms. The summed E-state index contributed by atoms with van der Waals surface area (Å²) >= 11 is 0. The van der Waals surface area contributed by atoms with Gasteiger partial charge in [-0.1, -0.05) is 30.3 Å². The maximum Gasteiger partial charge on any atom is 0.409 e. The molecule has 1 atom stereocenters. The predicted octanol–water partition coefficient (Wildman–Crippen LogP) is 3.88. The molecule has 2 heterocycles. The van der Waals surface area contributed by atoms with Gasteiger partial charge in [0.2, 0.25) is 5.65 Å². The summed E-state index contributed by atoms with van der Waals surface area (Å²) in [7, 11) is 0. The Balaban J connectivity index is 0.00000225. The number of fused-ring (bicyclic) bond motifs is 1. The normalized spacial score (nSPS) is 12.8. The van der Waals surface area contributed by atoms with E-state index in [0.717, 1.165) is 10.3 Å². The zero-order valence-electron chi connectivity index (χ0n) is 13.6. The molecule has 0 aliphatic rings. The van der Waals surface area contributed by atoms with Crippen molar-refractivity contribution >= 4 is 18.1 Å². The number of aromatic nitrogens is 3. The Kier molecular flexibility index (Phi) is 5.27. The van der Waals surface area contributed by atoms with Gasteiger partial charge in [0.25, 0.3) is 5.56 Å². The zero-order valence-corrected chi connectivity index (χ0v) is 14.4. The Labute approximate surface area is 148 Å². The molecule has 3 aromatic rings. The molecule has 0 aliphatic heterocycles. The topological polar surface area (TPSA) is 39.3 Å². The number of alkyl halides is 3. The first kappa shape index (κ1) is 19.1. The fourth-order valence-electron chi connectivity index (χ4n) is 2.74. The van der Waals surface area contributed by atoms with E-state index in [1.807, 2.05) is 0 Å². The summed E-state index contributed by atoms with van der Waals surface area (Å²) in [6.45, 7) is 3.49.